The summed E-state index contributed by atoms with van der Waals surface area (Å²) in [6.07, 6.45) is 2.52. The molecule has 3 heterocycles. The van der Waals surface area contributed by atoms with Gasteiger partial charge in [0.1, 0.15) is 17.8 Å². The average molecular weight is 417 g/mol. The normalized spacial score (nSPS) is 11.2. The predicted octanol–water partition coefficient (Wildman–Crippen LogP) is 3.64. The van der Waals surface area contributed by atoms with E-state index in [-0.39, 0.29) is 17.9 Å². The van der Waals surface area contributed by atoms with Crippen LogP contribution in [0.15, 0.2) is 72.5 Å². The minimum Gasteiger partial charge on any atom is -0.502 e. The van der Waals surface area contributed by atoms with E-state index in [0.717, 1.165) is 6.26 Å². The second kappa shape index (κ2) is 7.57. The number of rotatable bonds is 5. The van der Waals surface area contributed by atoms with Crippen LogP contribution in [0.4, 0.5) is 0 Å². The van der Waals surface area contributed by atoms with Gasteiger partial charge in [-0.3, -0.25) is 14.2 Å². The molecule has 4 aromatic rings. The van der Waals surface area contributed by atoms with E-state index in [1.54, 1.807) is 30.3 Å². The van der Waals surface area contributed by atoms with Crippen LogP contribution in [0.5, 0.6) is 5.75 Å². The van der Waals surface area contributed by atoms with Crippen LogP contribution in [0.1, 0.15) is 11.5 Å². The van der Waals surface area contributed by atoms with E-state index in [0.29, 0.717) is 32.6 Å². The van der Waals surface area contributed by atoms with E-state index < -0.39 is 11.2 Å². The molecule has 0 saturated carbocycles. The molecular formula is C19H13ClN2O5S. The highest BCUT2D eigenvalue weighted by atomic mass is 35.5. The Morgan fingerprint density at radius 3 is 2.75 bits per heavy atom. The van der Waals surface area contributed by atoms with Crippen molar-refractivity contribution in [1.29, 1.82) is 0 Å². The highest BCUT2D eigenvalue weighted by Gasteiger charge is 2.14. The van der Waals surface area contributed by atoms with Crippen LogP contribution in [-0.4, -0.2) is 14.7 Å². The van der Waals surface area contributed by atoms with Crippen LogP contribution >= 0.6 is 23.4 Å². The molecule has 9 heteroatoms. The monoisotopic (exact) mass is 416 g/mol. The Kier molecular flexibility index (Phi) is 4.97. The van der Waals surface area contributed by atoms with Gasteiger partial charge in [-0.25, -0.2) is 4.98 Å². The molecule has 0 bridgehead atoms. The number of furan rings is 1. The molecule has 3 aromatic heterocycles. The maximum absolute atomic E-state index is 13.0. The Morgan fingerprint density at radius 1 is 1.14 bits per heavy atom. The van der Waals surface area contributed by atoms with Crippen molar-refractivity contribution in [2.45, 2.75) is 17.5 Å². The van der Waals surface area contributed by atoms with Gasteiger partial charge in [0.05, 0.1) is 29.5 Å². The Bertz CT molecular complexity index is 1260. The van der Waals surface area contributed by atoms with Crippen LogP contribution in [0.2, 0.25) is 5.02 Å². The quantitative estimate of drug-likeness (QED) is 0.391. The van der Waals surface area contributed by atoms with Gasteiger partial charge in [-0.15, -0.1) is 0 Å². The maximum atomic E-state index is 13.0. The number of hydrogen-bond donors (Lipinski definition) is 1. The fourth-order valence-electron chi connectivity index (χ4n) is 2.64. The van der Waals surface area contributed by atoms with E-state index in [2.05, 4.69) is 4.98 Å². The molecule has 0 radical (unpaired) electrons. The molecule has 28 heavy (non-hydrogen) atoms. The maximum Gasteiger partial charge on any atom is 0.262 e. The van der Waals surface area contributed by atoms with E-state index in [4.69, 9.17) is 20.4 Å². The van der Waals surface area contributed by atoms with Gasteiger partial charge >= 0.3 is 0 Å². The van der Waals surface area contributed by atoms with Gasteiger partial charge in [0.2, 0.25) is 5.43 Å². The molecule has 0 aliphatic rings. The zero-order chi connectivity index (χ0) is 19.7. The molecule has 142 valence electrons. The Hall–Kier alpha value is -2.97. The summed E-state index contributed by atoms with van der Waals surface area (Å²) in [5.41, 5.74) is -0.288. The van der Waals surface area contributed by atoms with Gasteiger partial charge < -0.3 is 13.9 Å². The Labute approximate surface area is 167 Å². The SMILES string of the molecule is O=c1cc(CSc2nc3cc(Cl)ccc3c(=O)n2Cc2ccco2)occ1O. The standard InChI is InChI=1S/C19H13ClN2O5S/c20-11-3-4-14-15(6-11)21-19(22(18(14)25)8-12-2-1-5-26-12)28-10-13-7-16(23)17(24)9-27-13/h1-7,9,24H,8,10H2. The Morgan fingerprint density at radius 2 is 2.00 bits per heavy atom. The summed E-state index contributed by atoms with van der Waals surface area (Å²) in [6.45, 7) is 0.208. The van der Waals surface area contributed by atoms with Crippen molar-refractivity contribution in [2.75, 3.05) is 0 Å². The number of aromatic hydroxyl groups is 1. The number of hydrogen-bond acceptors (Lipinski definition) is 7. The molecule has 0 aliphatic carbocycles. The predicted molar refractivity (Wildman–Crippen MR) is 105 cm³/mol. The van der Waals surface area contributed by atoms with Crippen molar-refractivity contribution in [1.82, 2.24) is 9.55 Å². The van der Waals surface area contributed by atoms with Gasteiger partial charge in [-0.05, 0) is 30.3 Å². The van der Waals surface area contributed by atoms with Gasteiger partial charge in [-0.2, -0.15) is 0 Å². The summed E-state index contributed by atoms with van der Waals surface area (Å²) in [4.78, 5) is 29.2. The first-order chi connectivity index (χ1) is 13.5. The molecule has 0 spiro atoms. The summed E-state index contributed by atoms with van der Waals surface area (Å²) in [5.74, 6) is 0.738. The average Bonchev–Trinajstić information content (AvgIpc) is 3.18. The lowest BCUT2D eigenvalue weighted by Gasteiger charge is -2.12. The van der Waals surface area contributed by atoms with Crippen LogP contribution in [-0.2, 0) is 12.3 Å². The molecule has 7 nitrogen and oxygen atoms in total. The molecule has 1 aromatic carbocycles. The lowest BCUT2D eigenvalue weighted by molar-refractivity contribution is 0.419. The highest BCUT2D eigenvalue weighted by Crippen LogP contribution is 2.24. The fourth-order valence-corrected chi connectivity index (χ4v) is 3.69. The van der Waals surface area contributed by atoms with Gasteiger partial charge in [0.15, 0.2) is 10.9 Å². The highest BCUT2D eigenvalue weighted by molar-refractivity contribution is 7.98. The number of aromatic nitrogens is 2. The first-order valence-corrected chi connectivity index (χ1v) is 9.53. The zero-order valence-corrected chi connectivity index (χ0v) is 15.9. The van der Waals surface area contributed by atoms with Crippen LogP contribution < -0.4 is 11.0 Å². The summed E-state index contributed by atoms with van der Waals surface area (Å²) >= 11 is 7.26. The van der Waals surface area contributed by atoms with Crippen molar-refractivity contribution >= 4 is 34.3 Å². The first kappa shape index (κ1) is 18.4. The molecule has 1 N–H and O–H groups in total. The van der Waals surface area contributed by atoms with Gasteiger partial charge in [-0.1, -0.05) is 23.4 Å². The molecule has 0 saturated heterocycles. The molecule has 0 aliphatic heterocycles. The van der Waals surface area contributed by atoms with E-state index in [9.17, 15) is 14.7 Å². The number of benzene rings is 1. The summed E-state index contributed by atoms with van der Waals surface area (Å²) in [7, 11) is 0. The number of halogens is 1. The lowest BCUT2D eigenvalue weighted by atomic mass is 10.2. The zero-order valence-electron chi connectivity index (χ0n) is 14.3. The van der Waals surface area contributed by atoms with Crippen LogP contribution in [0.25, 0.3) is 10.9 Å². The van der Waals surface area contributed by atoms with Gasteiger partial charge in [0.25, 0.3) is 5.56 Å². The smallest absolute Gasteiger partial charge is 0.262 e. The largest absolute Gasteiger partial charge is 0.502 e. The second-order valence-corrected chi connectivity index (χ2v) is 7.29. The lowest BCUT2D eigenvalue weighted by Crippen LogP contribution is -2.23. The third-order valence-electron chi connectivity index (χ3n) is 3.99. The Balaban J connectivity index is 1.76. The summed E-state index contributed by atoms with van der Waals surface area (Å²) in [6, 6.07) is 9.62. The minimum atomic E-state index is -0.534. The number of thioether (sulfide) groups is 1. The molecule has 0 unspecified atom stereocenters. The van der Waals surface area contributed by atoms with E-state index in [1.165, 1.54) is 28.7 Å². The second-order valence-electron chi connectivity index (χ2n) is 5.91. The number of nitrogens with zero attached hydrogens (tertiary/aromatic N) is 2. The van der Waals surface area contributed by atoms with Crippen LogP contribution in [0.3, 0.4) is 0 Å². The van der Waals surface area contributed by atoms with E-state index >= 15 is 0 Å². The summed E-state index contributed by atoms with van der Waals surface area (Å²) < 4.78 is 12.1. The molecule has 0 amide bonds. The number of fused-ring (bicyclic) bond motifs is 1. The molecular weight excluding hydrogens is 404 g/mol. The third-order valence-corrected chi connectivity index (χ3v) is 5.22. The molecule has 4 rings (SSSR count). The topological polar surface area (TPSA) is 98.5 Å². The fraction of sp³-hybridized carbons (Fsp3) is 0.105. The summed E-state index contributed by atoms with van der Waals surface area (Å²) in [5, 5.41) is 10.6. The van der Waals surface area contributed by atoms with Crippen LogP contribution in [0, 0.1) is 0 Å². The molecule has 0 atom stereocenters. The molecule has 0 fully saturated rings. The van der Waals surface area contributed by atoms with Crippen molar-refractivity contribution in [3.8, 4) is 5.75 Å². The third kappa shape index (κ3) is 3.69. The van der Waals surface area contributed by atoms with Gasteiger partial charge in [0, 0.05) is 11.1 Å². The first-order valence-electron chi connectivity index (χ1n) is 8.17. The van der Waals surface area contributed by atoms with Crippen molar-refractivity contribution < 1.29 is 13.9 Å². The van der Waals surface area contributed by atoms with Crippen molar-refractivity contribution in [2.24, 2.45) is 0 Å². The van der Waals surface area contributed by atoms with Crippen molar-refractivity contribution in [3.05, 3.63) is 86.0 Å². The van der Waals surface area contributed by atoms with E-state index in [1.807, 2.05) is 0 Å². The van der Waals surface area contributed by atoms with Crippen molar-refractivity contribution in [3.63, 3.8) is 0 Å². The minimum absolute atomic E-state index is 0.208.